The van der Waals surface area contributed by atoms with Gasteiger partial charge >= 0.3 is 5.97 Å². The van der Waals surface area contributed by atoms with Gasteiger partial charge in [0, 0.05) is 6.26 Å². The summed E-state index contributed by atoms with van der Waals surface area (Å²) in [5.41, 5.74) is -0.914. The van der Waals surface area contributed by atoms with Gasteiger partial charge in [0.1, 0.15) is 5.82 Å². The van der Waals surface area contributed by atoms with Gasteiger partial charge in [0.2, 0.25) is 0 Å². The largest absolute Gasteiger partial charge is 0.481 e. The first-order chi connectivity index (χ1) is 8.04. The summed E-state index contributed by atoms with van der Waals surface area (Å²) in [6, 6.07) is 3.52. The molecule has 1 aromatic rings. The van der Waals surface area contributed by atoms with Gasteiger partial charge in [0.25, 0.3) is 0 Å². The number of carbonyl (C=O) groups is 1. The molecule has 1 N–H and O–H groups in total. The summed E-state index contributed by atoms with van der Waals surface area (Å²) < 4.78 is 36.2. The van der Waals surface area contributed by atoms with Crippen LogP contribution in [0.3, 0.4) is 0 Å². The van der Waals surface area contributed by atoms with Gasteiger partial charge in [0.15, 0.2) is 9.84 Å². The third kappa shape index (κ3) is 3.29. The van der Waals surface area contributed by atoms with E-state index in [-0.39, 0.29) is 16.9 Å². The average molecular weight is 274 g/mol. The molecule has 0 amide bonds. The summed E-state index contributed by atoms with van der Waals surface area (Å²) in [6.07, 6.45) is 0.987. The summed E-state index contributed by atoms with van der Waals surface area (Å²) >= 11 is 0. The molecule has 0 saturated heterocycles. The van der Waals surface area contributed by atoms with E-state index < -0.39 is 27.0 Å². The molecule has 0 heterocycles. The van der Waals surface area contributed by atoms with Gasteiger partial charge in [-0.25, -0.2) is 12.8 Å². The number of hydrogen-bond acceptors (Lipinski definition) is 3. The Morgan fingerprint density at radius 1 is 1.39 bits per heavy atom. The van der Waals surface area contributed by atoms with E-state index in [0.717, 1.165) is 12.3 Å². The van der Waals surface area contributed by atoms with Crippen LogP contribution in [0.15, 0.2) is 23.1 Å². The van der Waals surface area contributed by atoms with Gasteiger partial charge < -0.3 is 5.11 Å². The molecule has 0 aliphatic heterocycles. The molecule has 1 aromatic carbocycles. The number of sulfone groups is 1. The summed E-state index contributed by atoms with van der Waals surface area (Å²) in [4.78, 5) is 10.8. The summed E-state index contributed by atoms with van der Waals surface area (Å²) in [5.74, 6) is -1.73. The highest BCUT2D eigenvalue weighted by molar-refractivity contribution is 7.90. The summed E-state index contributed by atoms with van der Waals surface area (Å²) in [5, 5.41) is 8.96. The van der Waals surface area contributed by atoms with Crippen molar-refractivity contribution in [1.29, 1.82) is 0 Å². The van der Waals surface area contributed by atoms with Crippen molar-refractivity contribution in [2.24, 2.45) is 5.41 Å². The lowest BCUT2D eigenvalue weighted by Crippen LogP contribution is -2.26. The molecule has 0 spiro atoms. The molecule has 0 fully saturated rings. The number of halogens is 1. The Kier molecular flexibility index (Phi) is 3.81. The molecule has 18 heavy (non-hydrogen) atoms. The van der Waals surface area contributed by atoms with Gasteiger partial charge in [-0.2, -0.15) is 0 Å². The van der Waals surface area contributed by atoms with E-state index in [2.05, 4.69) is 0 Å². The Hall–Kier alpha value is -1.43. The molecule has 0 aromatic heterocycles. The first-order valence-electron chi connectivity index (χ1n) is 5.26. The zero-order chi connectivity index (χ0) is 14.1. The topological polar surface area (TPSA) is 71.4 Å². The molecule has 0 saturated carbocycles. The Morgan fingerprint density at radius 3 is 2.33 bits per heavy atom. The zero-order valence-corrected chi connectivity index (χ0v) is 11.2. The van der Waals surface area contributed by atoms with Crippen LogP contribution in [0.1, 0.15) is 19.4 Å². The Labute approximate surface area is 105 Å². The maximum absolute atomic E-state index is 13.7. The molecule has 0 aliphatic rings. The van der Waals surface area contributed by atoms with Crippen LogP contribution in [0.5, 0.6) is 0 Å². The third-order valence-corrected chi connectivity index (χ3v) is 3.77. The lowest BCUT2D eigenvalue weighted by molar-refractivity contribution is -0.146. The van der Waals surface area contributed by atoms with Crippen LogP contribution in [0.25, 0.3) is 0 Å². The minimum Gasteiger partial charge on any atom is -0.481 e. The second-order valence-electron chi connectivity index (χ2n) is 4.89. The smallest absolute Gasteiger partial charge is 0.309 e. The van der Waals surface area contributed by atoms with Crippen molar-refractivity contribution < 1.29 is 22.7 Å². The van der Waals surface area contributed by atoms with Crippen LogP contribution in [-0.2, 0) is 21.1 Å². The fraction of sp³-hybridized carbons (Fsp3) is 0.417. The molecular formula is C12H15FO4S. The number of hydrogen-bond donors (Lipinski definition) is 1. The summed E-state index contributed by atoms with van der Waals surface area (Å²) in [6.45, 7) is 2.97. The minimum atomic E-state index is -3.46. The van der Waals surface area contributed by atoms with E-state index in [1.165, 1.54) is 26.0 Å². The molecule has 100 valence electrons. The normalized spacial score (nSPS) is 12.4. The molecule has 0 aliphatic carbocycles. The Bertz CT molecular complexity index is 576. The fourth-order valence-electron chi connectivity index (χ4n) is 1.45. The maximum atomic E-state index is 13.7. The van der Waals surface area contributed by atoms with Gasteiger partial charge in [-0.3, -0.25) is 4.79 Å². The highest BCUT2D eigenvalue weighted by atomic mass is 32.2. The lowest BCUT2D eigenvalue weighted by Gasteiger charge is -2.19. The van der Waals surface area contributed by atoms with Crippen LogP contribution >= 0.6 is 0 Å². The van der Waals surface area contributed by atoms with Crippen molar-refractivity contribution in [2.45, 2.75) is 25.2 Å². The maximum Gasteiger partial charge on any atom is 0.309 e. The van der Waals surface area contributed by atoms with E-state index in [4.69, 9.17) is 5.11 Å². The van der Waals surface area contributed by atoms with Crippen molar-refractivity contribution >= 4 is 15.8 Å². The molecule has 0 unspecified atom stereocenters. The molecule has 1 rings (SSSR count). The standard InChI is InChI=1S/C12H15FO4S/c1-12(2,11(14)15)7-8-4-5-9(6-10(8)13)18(3,16)17/h4-6H,7H2,1-3H3,(H,14,15). The first-order valence-corrected chi connectivity index (χ1v) is 7.15. The predicted octanol–water partition coefficient (Wildman–Crippen LogP) is 1.88. The molecule has 0 atom stereocenters. The van der Waals surface area contributed by atoms with Crippen molar-refractivity contribution in [3.63, 3.8) is 0 Å². The van der Waals surface area contributed by atoms with E-state index in [1.807, 2.05) is 0 Å². The first kappa shape index (κ1) is 14.6. The average Bonchev–Trinajstić information content (AvgIpc) is 2.19. The third-order valence-electron chi connectivity index (χ3n) is 2.66. The molecule has 0 radical (unpaired) electrons. The van der Waals surface area contributed by atoms with Crippen LogP contribution in [0.4, 0.5) is 4.39 Å². The van der Waals surface area contributed by atoms with E-state index in [9.17, 15) is 17.6 Å². The molecule has 0 bridgehead atoms. The lowest BCUT2D eigenvalue weighted by atomic mass is 9.86. The Morgan fingerprint density at radius 2 is 1.94 bits per heavy atom. The SMILES string of the molecule is CC(C)(Cc1ccc(S(C)(=O)=O)cc1F)C(=O)O. The van der Waals surface area contributed by atoms with Crippen molar-refractivity contribution in [1.82, 2.24) is 0 Å². The second-order valence-corrected chi connectivity index (χ2v) is 6.91. The zero-order valence-electron chi connectivity index (χ0n) is 10.4. The van der Waals surface area contributed by atoms with Crippen molar-refractivity contribution in [3.8, 4) is 0 Å². The minimum absolute atomic E-state index is 0.00178. The summed E-state index contributed by atoms with van der Waals surface area (Å²) in [7, 11) is -3.46. The Balaban J connectivity index is 3.12. The molecule has 4 nitrogen and oxygen atoms in total. The van der Waals surface area contributed by atoms with E-state index >= 15 is 0 Å². The van der Waals surface area contributed by atoms with Crippen molar-refractivity contribution in [3.05, 3.63) is 29.6 Å². The van der Waals surface area contributed by atoms with E-state index in [1.54, 1.807) is 0 Å². The van der Waals surface area contributed by atoms with E-state index in [0.29, 0.717) is 0 Å². The molecular weight excluding hydrogens is 259 g/mol. The van der Waals surface area contributed by atoms with Gasteiger partial charge in [-0.05, 0) is 38.0 Å². The molecule has 6 heteroatoms. The van der Waals surface area contributed by atoms with Crippen molar-refractivity contribution in [2.75, 3.05) is 6.26 Å². The number of carboxylic acids is 1. The number of rotatable bonds is 4. The second kappa shape index (κ2) is 4.68. The highest BCUT2D eigenvalue weighted by Gasteiger charge is 2.28. The highest BCUT2D eigenvalue weighted by Crippen LogP contribution is 2.25. The van der Waals surface area contributed by atoms with Crippen LogP contribution < -0.4 is 0 Å². The predicted molar refractivity (Wildman–Crippen MR) is 64.6 cm³/mol. The number of aliphatic carboxylic acids is 1. The van der Waals surface area contributed by atoms with Crippen LogP contribution in [0, 0.1) is 11.2 Å². The van der Waals surface area contributed by atoms with Gasteiger partial charge in [0.05, 0.1) is 10.3 Å². The quantitative estimate of drug-likeness (QED) is 0.910. The van der Waals surface area contributed by atoms with Crippen LogP contribution in [-0.4, -0.2) is 25.7 Å². The van der Waals surface area contributed by atoms with Gasteiger partial charge in [-0.1, -0.05) is 6.07 Å². The van der Waals surface area contributed by atoms with Crippen LogP contribution in [0.2, 0.25) is 0 Å². The number of benzene rings is 1. The monoisotopic (exact) mass is 274 g/mol. The van der Waals surface area contributed by atoms with Gasteiger partial charge in [-0.15, -0.1) is 0 Å². The number of carboxylic acid groups (broad SMARTS) is 1. The fourth-order valence-corrected chi connectivity index (χ4v) is 2.09.